The molecule has 13 heavy (non-hydrogen) atoms. The van der Waals surface area contributed by atoms with E-state index in [1.54, 1.807) is 0 Å². The van der Waals surface area contributed by atoms with E-state index in [1.165, 1.54) is 11.1 Å². The maximum atomic E-state index is 5.34. The molecule has 3 N–H and O–H groups in total. The quantitative estimate of drug-likeness (QED) is 0.543. The molecule has 0 spiro atoms. The second kappa shape index (κ2) is 5.00. The third-order valence-corrected chi connectivity index (χ3v) is 2.23. The standard InChI is InChI=1S/C11H18N2/c1-3-10-5-4-6-11(8-10)7-9(2)13-12/h4-6,8-9,13H,3,7,12H2,1-2H3. The van der Waals surface area contributed by atoms with Gasteiger partial charge in [0.05, 0.1) is 0 Å². The summed E-state index contributed by atoms with van der Waals surface area (Å²) in [6, 6.07) is 8.99. The van der Waals surface area contributed by atoms with E-state index in [-0.39, 0.29) is 0 Å². The number of nitrogens with one attached hydrogen (secondary N) is 1. The molecule has 0 aliphatic carbocycles. The molecule has 1 aromatic carbocycles. The Morgan fingerprint density at radius 3 is 2.69 bits per heavy atom. The lowest BCUT2D eigenvalue weighted by molar-refractivity contribution is 0.567. The summed E-state index contributed by atoms with van der Waals surface area (Å²) >= 11 is 0. The van der Waals surface area contributed by atoms with Gasteiger partial charge in [0.15, 0.2) is 0 Å². The van der Waals surface area contributed by atoms with E-state index in [1.807, 2.05) is 0 Å². The average molecular weight is 178 g/mol. The molecule has 0 amide bonds. The topological polar surface area (TPSA) is 38.0 Å². The molecule has 2 heteroatoms. The van der Waals surface area contributed by atoms with Crippen molar-refractivity contribution in [1.82, 2.24) is 5.43 Å². The maximum absolute atomic E-state index is 5.34. The van der Waals surface area contributed by atoms with Gasteiger partial charge < -0.3 is 0 Å². The van der Waals surface area contributed by atoms with Crippen LogP contribution in [0.25, 0.3) is 0 Å². The molecule has 1 unspecified atom stereocenters. The predicted molar refractivity (Wildman–Crippen MR) is 56.3 cm³/mol. The summed E-state index contributed by atoms with van der Waals surface area (Å²) in [7, 11) is 0. The van der Waals surface area contributed by atoms with Gasteiger partial charge >= 0.3 is 0 Å². The van der Waals surface area contributed by atoms with Crippen molar-refractivity contribution in [3.8, 4) is 0 Å². The van der Waals surface area contributed by atoms with E-state index < -0.39 is 0 Å². The Kier molecular flexibility index (Phi) is 3.93. The molecule has 0 aliphatic heterocycles. The van der Waals surface area contributed by atoms with Gasteiger partial charge in [0.25, 0.3) is 0 Å². The van der Waals surface area contributed by atoms with Crippen LogP contribution >= 0.6 is 0 Å². The summed E-state index contributed by atoms with van der Waals surface area (Å²) in [5, 5.41) is 0. The SMILES string of the molecule is CCc1cccc(CC(C)NN)c1. The molecular weight excluding hydrogens is 160 g/mol. The first-order valence-electron chi connectivity index (χ1n) is 4.80. The molecule has 1 rings (SSSR count). The van der Waals surface area contributed by atoms with Gasteiger partial charge in [-0.3, -0.25) is 11.3 Å². The molecule has 1 atom stereocenters. The Morgan fingerprint density at radius 1 is 1.38 bits per heavy atom. The van der Waals surface area contributed by atoms with Crippen molar-refractivity contribution in [2.45, 2.75) is 32.7 Å². The van der Waals surface area contributed by atoms with Gasteiger partial charge in [0.1, 0.15) is 0 Å². The molecule has 1 aromatic rings. The minimum atomic E-state index is 0.340. The van der Waals surface area contributed by atoms with Crippen molar-refractivity contribution in [3.63, 3.8) is 0 Å². The van der Waals surface area contributed by atoms with Crippen molar-refractivity contribution >= 4 is 0 Å². The van der Waals surface area contributed by atoms with E-state index in [2.05, 4.69) is 43.5 Å². The molecule has 0 fully saturated rings. The molecule has 0 radical (unpaired) electrons. The minimum Gasteiger partial charge on any atom is -0.271 e. The normalized spacial score (nSPS) is 12.8. The van der Waals surface area contributed by atoms with E-state index in [4.69, 9.17) is 5.84 Å². The van der Waals surface area contributed by atoms with Crippen molar-refractivity contribution < 1.29 is 0 Å². The van der Waals surface area contributed by atoms with Crippen molar-refractivity contribution in [2.24, 2.45) is 5.84 Å². The molecule has 0 aromatic heterocycles. The van der Waals surface area contributed by atoms with Gasteiger partial charge in [-0.15, -0.1) is 0 Å². The van der Waals surface area contributed by atoms with Crippen LogP contribution in [-0.2, 0) is 12.8 Å². The highest BCUT2D eigenvalue weighted by Crippen LogP contribution is 2.07. The van der Waals surface area contributed by atoms with Crippen LogP contribution in [0.5, 0.6) is 0 Å². The predicted octanol–water partition coefficient (Wildman–Crippen LogP) is 1.64. The van der Waals surface area contributed by atoms with E-state index in [9.17, 15) is 0 Å². The smallest absolute Gasteiger partial charge is 0.0222 e. The van der Waals surface area contributed by atoms with E-state index in [0.29, 0.717) is 6.04 Å². The largest absolute Gasteiger partial charge is 0.271 e. The Balaban J connectivity index is 2.66. The third-order valence-electron chi connectivity index (χ3n) is 2.23. The highest BCUT2D eigenvalue weighted by molar-refractivity contribution is 5.24. The highest BCUT2D eigenvalue weighted by Gasteiger charge is 2.00. The lowest BCUT2D eigenvalue weighted by atomic mass is 10.0. The third kappa shape index (κ3) is 3.17. The number of hydrogen-bond acceptors (Lipinski definition) is 2. The second-order valence-corrected chi connectivity index (χ2v) is 3.45. The summed E-state index contributed by atoms with van der Waals surface area (Å²) in [4.78, 5) is 0. The fourth-order valence-electron chi connectivity index (χ4n) is 1.39. The molecule has 0 bridgehead atoms. The van der Waals surface area contributed by atoms with Crippen LogP contribution in [0.4, 0.5) is 0 Å². The summed E-state index contributed by atoms with van der Waals surface area (Å²) in [6.45, 7) is 4.25. The summed E-state index contributed by atoms with van der Waals surface area (Å²) < 4.78 is 0. The van der Waals surface area contributed by atoms with E-state index in [0.717, 1.165) is 12.8 Å². The zero-order chi connectivity index (χ0) is 9.68. The van der Waals surface area contributed by atoms with Crippen molar-refractivity contribution in [3.05, 3.63) is 35.4 Å². The number of aryl methyl sites for hydroxylation is 1. The number of hydrogen-bond donors (Lipinski definition) is 2. The summed E-state index contributed by atoms with van der Waals surface area (Å²) in [5.41, 5.74) is 5.49. The Labute approximate surface area is 80.1 Å². The molecule has 0 saturated carbocycles. The molecule has 0 heterocycles. The summed E-state index contributed by atoms with van der Waals surface area (Å²) in [6.07, 6.45) is 2.09. The van der Waals surface area contributed by atoms with Gasteiger partial charge in [-0.2, -0.15) is 0 Å². The number of benzene rings is 1. The van der Waals surface area contributed by atoms with Crippen LogP contribution in [-0.4, -0.2) is 6.04 Å². The van der Waals surface area contributed by atoms with Gasteiger partial charge in [-0.1, -0.05) is 31.2 Å². The van der Waals surface area contributed by atoms with Gasteiger partial charge in [0.2, 0.25) is 0 Å². The molecule has 0 aliphatic rings. The zero-order valence-electron chi connectivity index (χ0n) is 8.38. The number of hydrazine groups is 1. The fourth-order valence-corrected chi connectivity index (χ4v) is 1.39. The second-order valence-electron chi connectivity index (χ2n) is 3.45. The Morgan fingerprint density at radius 2 is 2.08 bits per heavy atom. The monoisotopic (exact) mass is 178 g/mol. The lowest BCUT2D eigenvalue weighted by Crippen LogP contribution is -2.34. The van der Waals surface area contributed by atoms with Crippen LogP contribution in [0.1, 0.15) is 25.0 Å². The highest BCUT2D eigenvalue weighted by atomic mass is 15.2. The Bertz CT molecular complexity index is 258. The van der Waals surface area contributed by atoms with Gasteiger partial charge in [-0.05, 0) is 30.9 Å². The average Bonchev–Trinajstić information content (AvgIpc) is 2.18. The van der Waals surface area contributed by atoms with Gasteiger partial charge in [-0.25, -0.2) is 0 Å². The van der Waals surface area contributed by atoms with Crippen molar-refractivity contribution in [1.29, 1.82) is 0 Å². The Hall–Kier alpha value is -0.860. The first-order chi connectivity index (χ1) is 6.26. The van der Waals surface area contributed by atoms with Crippen molar-refractivity contribution in [2.75, 3.05) is 0 Å². The molecule has 2 nitrogen and oxygen atoms in total. The minimum absolute atomic E-state index is 0.340. The summed E-state index contributed by atoms with van der Waals surface area (Å²) in [5.74, 6) is 5.34. The van der Waals surface area contributed by atoms with Crippen LogP contribution in [0.2, 0.25) is 0 Å². The number of rotatable bonds is 4. The fraction of sp³-hybridized carbons (Fsp3) is 0.455. The van der Waals surface area contributed by atoms with Gasteiger partial charge in [0, 0.05) is 6.04 Å². The first kappa shape index (κ1) is 10.2. The van der Waals surface area contributed by atoms with Crippen LogP contribution in [0.15, 0.2) is 24.3 Å². The molecule has 0 saturated heterocycles. The number of nitrogens with two attached hydrogens (primary N) is 1. The molecular formula is C11H18N2. The first-order valence-corrected chi connectivity index (χ1v) is 4.80. The van der Waals surface area contributed by atoms with Crippen LogP contribution in [0.3, 0.4) is 0 Å². The zero-order valence-corrected chi connectivity index (χ0v) is 8.38. The van der Waals surface area contributed by atoms with Crippen LogP contribution < -0.4 is 11.3 Å². The van der Waals surface area contributed by atoms with E-state index >= 15 is 0 Å². The maximum Gasteiger partial charge on any atom is 0.0222 e. The molecule has 72 valence electrons. The lowest BCUT2D eigenvalue weighted by Gasteiger charge is -2.10. The van der Waals surface area contributed by atoms with Crippen LogP contribution in [0, 0.1) is 0 Å².